The van der Waals surface area contributed by atoms with Gasteiger partial charge in [0.25, 0.3) is 0 Å². The molecule has 0 atom stereocenters. The molecule has 0 bridgehead atoms. The first-order valence-corrected chi connectivity index (χ1v) is 15.2. The minimum atomic E-state index is -0.294. The fourth-order valence-corrected chi connectivity index (χ4v) is 5.90. The van der Waals surface area contributed by atoms with Gasteiger partial charge in [0.1, 0.15) is 0 Å². The number of nitrogens with one attached hydrogen (secondary N) is 1. The number of piperidine rings is 1. The van der Waals surface area contributed by atoms with Gasteiger partial charge in [0.15, 0.2) is 0 Å². The number of methoxy groups -OCH3 is 2. The van der Waals surface area contributed by atoms with E-state index < -0.39 is 0 Å². The van der Waals surface area contributed by atoms with Crippen molar-refractivity contribution >= 4 is 57.3 Å². The fraction of sp³-hybridized carbons (Fsp3) is 0.444. The smallest absolute Gasteiger partial charge is 0.338 e. The summed E-state index contributed by atoms with van der Waals surface area (Å²) in [5.74, 6) is 1.42. The molecule has 1 fully saturated rings. The molecule has 7 nitrogen and oxygen atoms in total. The molecule has 2 aromatic carbocycles. The number of alkyl halides is 1. The Balaban J connectivity index is 0.000000294. The number of carbonyl (C=O) groups excluding carboxylic acids is 3. The topological polar surface area (TPSA) is 84.9 Å². The highest BCUT2D eigenvalue weighted by molar-refractivity contribution is 9.09. The number of likely N-dealkylation sites (tertiary alicyclic amines) is 1. The van der Waals surface area contributed by atoms with E-state index in [9.17, 15) is 14.4 Å². The van der Waals surface area contributed by atoms with E-state index in [2.05, 4.69) is 21.2 Å². The Hall–Kier alpha value is -2.01. The zero-order valence-electron chi connectivity index (χ0n) is 21.5. The molecular formula is C27H35BrN2O5S2. The summed E-state index contributed by atoms with van der Waals surface area (Å²) in [6.07, 6.45) is 2.01. The Bertz CT molecular complexity index is 1020. The average Bonchev–Trinajstić information content (AvgIpc) is 2.94. The van der Waals surface area contributed by atoms with Gasteiger partial charge in [-0.3, -0.25) is 4.79 Å². The summed E-state index contributed by atoms with van der Waals surface area (Å²) in [5, 5.41) is 4.45. The molecular weight excluding hydrogens is 576 g/mol. The number of amides is 1. The van der Waals surface area contributed by atoms with Gasteiger partial charge in [-0.05, 0) is 37.1 Å². The highest BCUT2D eigenvalue weighted by atomic mass is 79.9. The second kappa shape index (κ2) is 17.5. The van der Waals surface area contributed by atoms with Gasteiger partial charge in [0.2, 0.25) is 5.91 Å². The molecule has 0 aromatic heterocycles. The third kappa shape index (κ3) is 10.7. The predicted octanol–water partition coefficient (Wildman–Crippen LogP) is 5.13. The number of halogens is 1. The molecule has 2 aromatic rings. The maximum Gasteiger partial charge on any atom is 0.338 e. The van der Waals surface area contributed by atoms with Crippen LogP contribution < -0.4 is 5.32 Å². The molecule has 1 N–H and O–H groups in total. The van der Waals surface area contributed by atoms with Crippen LogP contribution in [-0.4, -0.2) is 79.5 Å². The summed E-state index contributed by atoms with van der Waals surface area (Å²) < 4.78 is 9.50. The minimum Gasteiger partial charge on any atom is -0.465 e. The maximum atomic E-state index is 11.7. The number of rotatable bonds is 10. The summed E-state index contributed by atoms with van der Waals surface area (Å²) >= 11 is 6.65. The number of ether oxygens (including phenoxy) is 2. The number of carbonyl (C=O) groups is 3. The van der Waals surface area contributed by atoms with Gasteiger partial charge >= 0.3 is 11.9 Å². The third-order valence-electron chi connectivity index (χ3n) is 5.65. The van der Waals surface area contributed by atoms with Crippen LogP contribution in [0, 0.1) is 0 Å². The van der Waals surface area contributed by atoms with Crippen molar-refractivity contribution in [2.24, 2.45) is 0 Å². The Labute approximate surface area is 236 Å². The van der Waals surface area contributed by atoms with Crippen LogP contribution >= 0.6 is 39.5 Å². The lowest BCUT2D eigenvalue weighted by atomic mass is 10.1. The Kier molecular flexibility index (Phi) is 14.8. The van der Waals surface area contributed by atoms with Crippen LogP contribution in [-0.2, 0) is 14.3 Å². The van der Waals surface area contributed by atoms with Crippen molar-refractivity contribution in [3.63, 3.8) is 0 Å². The van der Waals surface area contributed by atoms with Crippen molar-refractivity contribution < 1.29 is 23.9 Å². The largest absolute Gasteiger partial charge is 0.465 e. The van der Waals surface area contributed by atoms with Crippen molar-refractivity contribution in [2.45, 2.75) is 35.6 Å². The van der Waals surface area contributed by atoms with E-state index in [1.165, 1.54) is 14.2 Å². The number of nitrogens with zero attached hydrogens (tertiary/aromatic N) is 1. The maximum absolute atomic E-state index is 11.7. The molecule has 0 aliphatic carbocycles. The van der Waals surface area contributed by atoms with Crippen LogP contribution in [0.25, 0.3) is 0 Å². The highest BCUT2D eigenvalue weighted by Crippen LogP contribution is 2.24. The average molecular weight is 612 g/mol. The van der Waals surface area contributed by atoms with Gasteiger partial charge in [0.05, 0.1) is 25.3 Å². The van der Waals surface area contributed by atoms with Crippen molar-refractivity contribution in [1.29, 1.82) is 0 Å². The molecule has 1 saturated heterocycles. The first kappa shape index (κ1) is 31.2. The molecule has 202 valence electrons. The quantitative estimate of drug-likeness (QED) is 0.172. The number of esters is 2. The summed E-state index contributed by atoms with van der Waals surface area (Å²) in [4.78, 5) is 38.2. The summed E-state index contributed by atoms with van der Waals surface area (Å²) in [7, 11) is 2.80. The van der Waals surface area contributed by atoms with Gasteiger partial charge in [-0.1, -0.05) is 40.2 Å². The summed E-state index contributed by atoms with van der Waals surface area (Å²) in [6.45, 7) is 4.19. The van der Waals surface area contributed by atoms with Gasteiger partial charge in [-0.25, -0.2) is 9.59 Å². The second-order valence-corrected chi connectivity index (χ2v) is 11.2. The molecule has 1 aliphatic rings. The zero-order chi connectivity index (χ0) is 27.0. The molecule has 1 amide bonds. The molecule has 1 aliphatic heterocycles. The van der Waals surface area contributed by atoms with Crippen LogP contribution in [0.15, 0.2) is 58.3 Å². The van der Waals surface area contributed by atoms with E-state index in [4.69, 9.17) is 9.47 Å². The molecule has 10 heteroatoms. The van der Waals surface area contributed by atoms with Gasteiger partial charge in [-0.15, -0.1) is 23.5 Å². The Morgan fingerprint density at radius 3 is 1.84 bits per heavy atom. The van der Waals surface area contributed by atoms with Gasteiger partial charge in [-0.2, -0.15) is 0 Å². The third-order valence-corrected chi connectivity index (χ3v) is 8.72. The van der Waals surface area contributed by atoms with Crippen LogP contribution in [0.2, 0.25) is 0 Å². The van der Waals surface area contributed by atoms with E-state index in [-0.39, 0.29) is 17.8 Å². The lowest BCUT2D eigenvalue weighted by Crippen LogP contribution is -2.44. The van der Waals surface area contributed by atoms with Crippen LogP contribution in [0.3, 0.4) is 0 Å². The zero-order valence-corrected chi connectivity index (χ0v) is 24.8. The molecule has 0 unspecified atom stereocenters. The number of thioether (sulfide) groups is 2. The lowest BCUT2D eigenvalue weighted by molar-refractivity contribution is -0.129. The second-order valence-electron chi connectivity index (χ2n) is 8.10. The SMILES string of the molecule is COC(=O)c1ccccc1SCCBr.COC(=O)c1ccccc1SCCNC1CCN(C(C)=O)CC1. The molecule has 0 radical (unpaired) electrons. The first-order valence-electron chi connectivity index (χ1n) is 12.1. The monoisotopic (exact) mass is 610 g/mol. The van der Waals surface area contributed by atoms with Crippen molar-refractivity contribution in [3.05, 3.63) is 59.7 Å². The van der Waals surface area contributed by atoms with Crippen molar-refractivity contribution in [1.82, 2.24) is 10.2 Å². The standard InChI is InChI=1S/C17H24N2O3S.C10H11BrO2S/c1-13(20)19-10-7-14(8-11-19)18-9-12-23-16-6-4-3-5-15(16)17(21)22-2;1-13-10(12)8-4-2-3-5-9(8)14-7-6-11/h3-6,14,18H,7-12H2,1-2H3;2-5H,6-7H2,1H3. The Morgan fingerprint density at radius 1 is 0.892 bits per heavy atom. The van der Waals surface area contributed by atoms with E-state index >= 15 is 0 Å². The minimum absolute atomic E-state index is 0.165. The van der Waals surface area contributed by atoms with Crippen molar-refractivity contribution in [3.8, 4) is 0 Å². The van der Waals surface area contributed by atoms with Gasteiger partial charge < -0.3 is 19.7 Å². The van der Waals surface area contributed by atoms with Crippen molar-refractivity contribution in [2.75, 3.05) is 50.7 Å². The molecule has 1 heterocycles. The molecule has 3 rings (SSSR count). The van der Waals surface area contributed by atoms with Crippen LogP contribution in [0.1, 0.15) is 40.5 Å². The molecule has 37 heavy (non-hydrogen) atoms. The molecule has 0 spiro atoms. The first-order chi connectivity index (χ1) is 17.9. The number of hydrogen-bond acceptors (Lipinski definition) is 8. The van der Waals surface area contributed by atoms with E-state index in [1.807, 2.05) is 41.3 Å². The van der Waals surface area contributed by atoms with Crippen LogP contribution in [0.5, 0.6) is 0 Å². The fourth-order valence-electron chi connectivity index (χ4n) is 3.71. The number of hydrogen-bond donors (Lipinski definition) is 1. The van der Waals surface area contributed by atoms with Gasteiger partial charge in [0, 0.05) is 59.2 Å². The highest BCUT2D eigenvalue weighted by Gasteiger charge is 2.20. The van der Waals surface area contributed by atoms with E-state index in [0.29, 0.717) is 17.2 Å². The lowest BCUT2D eigenvalue weighted by Gasteiger charge is -2.31. The normalized spacial score (nSPS) is 13.4. The molecule has 0 saturated carbocycles. The Morgan fingerprint density at radius 2 is 1.38 bits per heavy atom. The summed E-state index contributed by atoms with van der Waals surface area (Å²) in [6, 6.07) is 15.5. The number of benzene rings is 2. The predicted molar refractivity (Wildman–Crippen MR) is 154 cm³/mol. The summed E-state index contributed by atoms with van der Waals surface area (Å²) in [5.41, 5.74) is 1.26. The van der Waals surface area contributed by atoms with E-state index in [1.54, 1.807) is 42.6 Å². The van der Waals surface area contributed by atoms with Crippen LogP contribution in [0.4, 0.5) is 0 Å². The van der Waals surface area contributed by atoms with E-state index in [0.717, 1.165) is 59.1 Å².